The molecule has 0 aromatic heterocycles. The van der Waals surface area contributed by atoms with E-state index >= 15 is 0 Å². The summed E-state index contributed by atoms with van der Waals surface area (Å²) in [7, 11) is 0. The maximum Gasteiger partial charge on any atom is 0.251 e. The molecule has 2 amide bonds. The summed E-state index contributed by atoms with van der Waals surface area (Å²) >= 11 is 5.94. The van der Waals surface area contributed by atoms with E-state index in [-0.39, 0.29) is 17.9 Å². The minimum atomic E-state index is -0.105. The summed E-state index contributed by atoms with van der Waals surface area (Å²) in [5, 5.41) is 6.76. The van der Waals surface area contributed by atoms with E-state index in [4.69, 9.17) is 11.6 Å². The van der Waals surface area contributed by atoms with Crippen molar-refractivity contribution in [3.8, 4) is 0 Å². The first-order chi connectivity index (χ1) is 13.1. The first kappa shape index (κ1) is 17.9. The molecule has 27 heavy (non-hydrogen) atoms. The van der Waals surface area contributed by atoms with E-state index in [2.05, 4.69) is 15.5 Å². The first-order valence-corrected chi connectivity index (χ1v) is 9.68. The predicted molar refractivity (Wildman–Crippen MR) is 106 cm³/mol. The summed E-state index contributed by atoms with van der Waals surface area (Å²) in [5.74, 6) is -0.175. The third-order valence-corrected chi connectivity index (χ3v) is 5.29. The van der Waals surface area contributed by atoms with Gasteiger partial charge in [-0.15, -0.1) is 0 Å². The number of halogens is 1. The maximum absolute atomic E-state index is 12.5. The highest BCUT2D eigenvalue weighted by Gasteiger charge is 2.25. The van der Waals surface area contributed by atoms with E-state index < -0.39 is 0 Å². The number of anilines is 1. The number of hydrogen-bond acceptors (Lipinski definition) is 3. The molecule has 6 heteroatoms. The van der Waals surface area contributed by atoms with E-state index in [1.165, 1.54) is 0 Å². The van der Waals surface area contributed by atoms with Crippen molar-refractivity contribution in [3.63, 3.8) is 0 Å². The van der Waals surface area contributed by atoms with E-state index in [1.807, 2.05) is 24.3 Å². The average Bonchev–Trinajstić information content (AvgIpc) is 3.37. The Balaban J connectivity index is 1.32. The number of carbonyl (C=O) groups excluding carboxylic acids is 2. The van der Waals surface area contributed by atoms with Gasteiger partial charge in [-0.25, -0.2) is 0 Å². The second-order valence-corrected chi connectivity index (χ2v) is 7.64. The van der Waals surface area contributed by atoms with Gasteiger partial charge in [0, 0.05) is 47.0 Å². The lowest BCUT2D eigenvalue weighted by molar-refractivity contribution is 0.0932. The minimum Gasteiger partial charge on any atom is -0.369 e. The Morgan fingerprint density at radius 3 is 1.93 bits per heavy atom. The lowest BCUT2D eigenvalue weighted by Gasteiger charge is -2.19. The third kappa shape index (κ3) is 4.42. The Kier molecular flexibility index (Phi) is 5.03. The van der Waals surface area contributed by atoms with E-state index in [0.717, 1.165) is 43.1 Å². The molecule has 1 heterocycles. The second-order valence-electron chi connectivity index (χ2n) is 7.21. The van der Waals surface area contributed by atoms with Crippen molar-refractivity contribution in [2.24, 2.45) is 0 Å². The molecule has 5 nitrogen and oxygen atoms in total. The van der Waals surface area contributed by atoms with Crippen molar-refractivity contribution in [3.05, 3.63) is 64.7 Å². The summed E-state index contributed by atoms with van der Waals surface area (Å²) in [6.45, 7) is 1.67. The van der Waals surface area contributed by atoms with Crippen LogP contribution < -0.4 is 15.5 Å². The van der Waals surface area contributed by atoms with Gasteiger partial charge in [0.25, 0.3) is 11.8 Å². The van der Waals surface area contributed by atoms with Crippen molar-refractivity contribution in [1.82, 2.24) is 10.6 Å². The van der Waals surface area contributed by atoms with E-state index in [9.17, 15) is 9.59 Å². The van der Waals surface area contributed by atoms with Gasteiger partial charge in [-0.3, -0.25) is 9.59 Å². The molecule has 2 aromatic carbocycles. The fraction of sp³-hybridized carbons (Fsp3) is 0.333. The molecule has 1 unspecified atom stereocenters. The molecular weight excluding hydrogens is 362 g/mol. The Labute approximate surface area is 163 Å². The van der Waals surface area contributed by atoms with Crippen molar-refractivity contribution in [1.29, 1.82) is 0 Å². The molecule has 2 N–H and O–H groups in total. The molecule has 2 aliphatic rings. The van der Waals surface area contributed by atoms with Gasteiger partial charge >= 0.3 is 0 Å². The van der Waals surface area contributed by atoms with Crippen LogP contribution in [0.1, 0.15) is 40.0 Å². The molecule has 140 valence electrons. The number of carbonyl (C=O) groups is 2. The van der Waals surface area contributed by atoms with Gasteiger partial charge in [0.05, 0.1) is 0 Å². The standard InChI is InChI=1S/C21H22ClN3O2/c22-16-5-9-19(10-6-16)25-12-11-18(13-25)24-21(27)15-3-1-14(2-4-15)20(26)23-17-7-8-17/h1-6,9-10,17-18H,7-8,11-13H2,(H,23,26)(H,24,27). The Morgan fingerprint density at radius 2 is 1.37 bits per heavy atom. The zero-order valence-electron chi connectivity index (χ0n) is 15.0. The predicted octanol–water partition coefficient (Wildman–Crippen LogP) is 3.24. The van der Waals surface area contributed by atoms with Crippen LogP contribution in [0.3, 0.4) is 0 Å². The maximum atomic E-state index is 12.5. The fourth-order valence-corrected chi connectivity index (χ4v) is 3.43. The number of hydrogen-bond donors (Lipinski definition) is 2. The smallest absolute Gasteiger partial charge is 0.251 e. The van der Waals surface area contributed by atoms with Gasteiger partial charge in [-0.1, -0.05) is 11.6 Å². The van der Waals surface area contributed by atoms with Gasteiger partial charge in [-0.2, -0.15) is 0 Å². The lowest BCUT2D eigenvalue weighted by Crippen LogP contribution is -2.37. The largest absolute Gasteiger partial charge is 0.369 e. The number of nitrogens with zero attached hydrogens (tertiary/aromatic N) is 1. The zero-order chi connectivity index (χ0) is 18.8. The Hall–Kier alpha value is -2.53. The molecular formula is C21H22ClN3O2. The molecule has 1 atom stereocenters. The van der Waals surface area contributed by atoms with Crippen LogP contribution in [-0.2, 0) is 0 Å². The third-order valence-electron chi connectivity index (χ3n) is 5.04. The lowest BCUT2D eigenvalue weighted by atomic mass is 10.1. The van der Waals surface area contributed by atoms with Crippen molar-refractivity contribution in [2.75, 3.05) is 18.0 Å². The highest BCUT2D eigenvalue weighted by molar-refractivity contribution is 6.30. The molecule has 1 saturated carbocycles. The van der Waals surface area contributed by atoms with Crippen molar-refractivity contribution in [2.45, 2.75) is 31.3 Å². The Morgan fingerprint density at radius 1 is 0.815 bits per heavy atom. The fourth-order valence-electron chi connectivity index (χ4n) is 3.30. The quantitative estimate of drug-likeness (QED) is 0.833. The summed E-state index contributed by atoms with van der Waals surface area (Å²) in [6, 6.07) is 15.0. The molecule has 4 rings (SSSR count). The molecule has 0 bridgehead atoms. The van der Waals surface area contributed by atoms with Crippen LogP contribution in [0.25, 0.3) is 0 Å². The van der Waals surface area contributed by atoms with Crippen LogP contribution in [0.2, 0.25) is 5.02 Å². The van der Waals surface area contributed by atoms with Crippen LogP contribution >= 0.6 is 11.6 Å². The van der Waals surface area contributed by atoms with Crippen molar-refractivity contribution >= 4 is 29.1 Å². The second kappa shape index (κ2) is 7.61. The molecule has 0 spiro atoms. The monoisotopic (exact) mass is 383 g/mol. The molecule has 2 fully saturated rings. The van der Waals surface area contributed by atoms with Gasteiger partial charge in [0.2, 0.25) is 0 Å². The highest BCUT2D eigenvalue weighted by Crippen LogP contribution is 2.23. The van der Waals surface area contributed by atoms with E-state index in [1.54, 1.807) is 24.3 Å². The van der Waals surface area contributed by atoms with Crippen LogP contribution in [0.4, 0.5) is 5.69 Å². The molecule has 1 aliphatic heterocycles. The summed E-state index contributed by atoms with van der Waals surface area (Å²) in [6.07, 6.45) is 3.01. The Bertz CT molecular complexity index is 832. The van der Waals surface area contributed by atoms with Gasteiger partial charge in [0.15, 0.2) is 0 Å². The minimum absolute atomic E-state index is 0.0705. The number of nitrogens with one attached hydrogen (secondary N) is 2. The molecule has 1 saturated heterocycles. The number of amides is 2. The van der Waals surface area contributed by atoms with Gasteiger partial charge in [0.1, 0.15) is 0 Å². The average molecular weight is 384 g/mol. The van der Waals surface area contributed by atoms with Crippen LogP contribution in [-0.4, -0.2) is 37.0 Å². The normalized spacial score (nSPS) is 19.0. The molecule has 0 radical (unpaired) electrons. The van der Waals surface area contributed by atoms with Gasteiger partial charge < -0.3 is 15.5 Å². The van der Waals surface area contributed by atoms with E-state index in [0.29, 0.717) is 17.2 Å². The first-order valence-electron chi connectivity index (χ1n) is 9.31. The van der Waals surface area contributed by atoms with Crippen LogP contribution in [0, 0.1) is 0 Å². The zero-order valence-corrected chi connectivity index (χ0v) is 15.7. The highest BCUT2D eigenvalue weighted by atomic mass is 35.5. The van der Waals surface area contributed by atoms with Crippen LogP contribution in [0.15, 0.2) is 48.5 Å². The summed E-state index contributed by atoms with van der Waals surface area (Å²) in [4.78, 5) is 26.8. The van der Waals surface area contributed by atoms with Gasteiger partial charge in [-0.05, 0) is 67.8 Å². The van der Waals surface area contributed by atoms with Crippen LogP contribution in [0.5, 0.6) is 0 Å². The summed E-state index contributed by atoms with van der Waals surface area (Å²) < 4.78 is 0. The topological polar surface area (TPSA) is 61.4 Å². The number of rotatable bonds is 5. The molecule has 2 aromatic rings. The number of benzene rings is 2. The SMILES string of the molecule is O=C(NC1CC1)c1ccc(C(=O)NC2CCN(c3ccc(Cl)cc3)C2)cc1. The molecule has 1 aliphatic carbocycles. The van der Waals surface area contributed by atoms with Crippen molar-refractivity contribution < 1.29 is 9.59 Å². The summed E-state index contributed by atoms with van der Waals surface area (Å²) in [5.41, 5.74) is 2.28.